The Morgan fingerprint density at radius 3 is 2.77 bits per heavy atom. The molecule has 0 spiro atoms. The highest BCUT2D eigenvalue weighted by atomic mass is 16.3. The molecule has 4 N–H and O–H groups in total. The van der Waals surface area contributed by atoms with Gasteiger partial charge in [-0.1, -0.05) is 37.3 Å². The van der Waals surface area contributed by atoms with Gasteiger partial charge in [0, 0.05) is 19.5 Å². The number of nitrogens with one attached hydrogen (secondary N) is 2. The van der Waals surface area contributed by atoms with Crippen LogP contribution in [0.5, 0.6) is 0 Å². The standard InChI is InChI=1S/C17H26N2O3/c1-2-15(21)19-17(12-18-11-14(20)16(17)22)10-6-9-13-7-4-3-5-8-13/h3-5,7-8,14,16,18,20,22H,2,6,9-12H2,1H3,(H,19,21)/t14-,16+,17+/m1/s1. The van der Waals surface area contributed by atoms with E-state index in [2.05, 4.69) is 22.8 Å². The van der Waals surface area contributed by atoms with Crippen LogP contribution < -0.4 is 10.6 Å². The lowest BCUT2D eigenvalue weighted by atomic mass is 9.80. The summed E-state index contributed by atoms with van der Waals surface area (Å²) in [7, 11) is 0. The maximum absolute atomic E-state index is 11.8. The van der Waals surface area contributed by atoms with E-state index >= 15 is 0 Å². The van der Waals surface area contributed by atoms with Gasteiger partial charge in [-0.2, -0.15) is 0 Å². The lowest BCUT2D eigenvalue weighted by molar-refractivity contribution is -0.128. The van der Waals surface area contributed by atoms with Crippen LogP contribution in [0.1, 0.15) is 31.7 Å². The summed E-state index contributed by atoms with van der Waals surface area (Å²) in [4.78, 5) is 11.8. The number of benzene rings is 1. The van der Waals surface area contributed by atoms with Gasteiger partial charge in [-0.3, -0.25) is 4.79 Å². The van der Waals surface area contributed by atoms with Crippen LogP contribution >= 0.6 is 0 Å². The van der Waals surface area contributed by atoms with E-state index in [1.807, 2.05) is 18.2 Å². The van der Waals surface area contributed by atoms with Gasteiger partial charge in [0.05, 0.1) is 11.6 Å². The number of piperidine rings is 1. The summed E-state index contributed by atoms with van der Waals surface area (Å²) >= 11 is 0. The molecule has 1 heterocycles. The zero-order valence-electron chi connectivity index (χ0n) is 13.1. The number of amides is 1. The first-order valence-corrected chi connectivity index (χ1v) is 7.99. The van der Waals surface area contributed by atoms with Crippen molar-refractivity contribution < 1.29 is 15.0 Å². The number of hydrogen-bond donors (Lipinski definition) is 4. The number of hydrogen-bond acceptors (Lipinski definition) is 4. The van der Waals surface area contributed by atoms with E-state index in [1.165, 1.54) is 5.56 Å². The van der Waals surface area contributed by atoms with Crippen molar-refractivity contribution in [3.05, 3.63) is 35.9 Å². The van der Waals surface area contributed by atoms with E-state index in [1.54, 1.807) is 6.92 Å². The molecule has 2 rings (SSSR count). The summed E-state index contributed by atoms with van der Waals surface area (Å²) in [5, 5.41) is 26.4. The number of carbonyl (C=O) groups is 1. The van der Waals surface area contributed by atoms with Crippen LogP contribution in [0.2, 0.25) is 0 Å². The molecule has 5 nitrogen and oxygen atoms in total. The van der Waals surface area contributed by atoms with Gasteiger partial charge in [0.15, 0.2) is 0 Å². The molecule has 0 saturated carbocycles. The van der Waals surface area contributed by atoms with Gasteiger partial charge in [0.25, 0.3) is 0 Å². The molecule has 3 atom stereocenters. The van der Waals surface area contributed by atoms with Gasteiger partial charge >= 0.3 is 0 Å². The Hall–Kier alpha value is -1.43. The Morgan fingerprint density at radius 1 is 1.36 bits per heavy atom. The van der Waals surface area contributed by atoms with Crippen LogP contribution in [0.4, 0.5) is 0 Å². The van der Waals surface area contributed by atoms with Crippen LogP contribution in [0.25, 0.3) is 0 Å². The number of aliphatic hydroxyl groups is 2. The first kappa shape index (κ1) is 16.9. The molecular formula is C17H26N2O3. The zero-order valence-corrected chi connectivity index (χ0v) is 13.1. The predicted octanol–water partition coefficient (Wildman–Crippen LogP) is 0.599. The van der Waals surface area contributed by atoms with Gasteiger partial charge in [0.1, 0.15) is 6.10 Å². The third-order valence-corrected chi connectivity index (χ3v) is 4.37. The molecule has 1 amide bonds. The SMILES string of the molecule is CCC(=O)N[C@@]1(CCCc2ccccc2)CNC[C@@H](O)[C@@H]1O. The number of aliphatic hydroxyl groups excluding tert-OH is 2. The lowest BCUT2D eigenvalue weighted by Crippen LogP contribution is -2.69. The molecule has 5 heteroatoms. The minimum atomic E-state index is -0.944. The second-order valence-corrected chi connectivity index (χ2v) is 6.04. The minimum Gasteiger partial charge on any atom is -0.389 e. The first-order chi connectivity index (χ1) is 10.6. The van der Waals surface area contributed by atoms with Crippen molar-refractivity contribution in [1.82, 2.24) is 10.6 Å². The highest BCUT2D eigenvalue weighted by molar-refractivity contribution is 5.76. The van der Waals surface area contributed by atoms with Gasteiger partial charge in [-0.05, 0) is 24.8 Å². The molecule has 122 valence electrons. The largest absolute Gasteiger partial charge is 0.389 e. The van der Waals surface area contributed by atoms with Crippen molar-refractivity contribution >= 4 is 5.91 Å². The van der Waals surface area contributed by atoms with Crippen LogP contribution in [-0.2, 0) is 11.2 Å². The summed E-state index contributed by atoms with van der Waals surface area (Å²) in [5.74, 6) is -0.102. The van der Waals surface area contributed by atoms with E-state index in [0.29, 0.717) is 25.9 Å². The van der Waals surface area contributed by atoms with Crippen LogP contribution in [0.3, 0.4) is 0 Å². The third kappa shape index (κ3) is 4.06. The van der Waals surface area contributed by atoms with Gasteiger partial charge in [0.2, 0.25) is 5.91 Å². The third-order valence-electron chi connectivity index (χ3n) is 4.37. The summed E-state index contributed by atoms with van der Waals surface area (Å²) in [6.45, 7) is 2.61. The molecule has 0 bridgehead atoms. The number of aryl methyl sites for hydroxylation is 1. The molecule has 0 unspecified atom stereocenters. The second-order valence-electron chi connectivity index (χ2n) is 6.04. The molecule has 1 saturated heterocycles. The van der Waals surface area contributed by atoms with Gasteiger partial charge < -0.3 is 20.8 Å². The van der Waals surface area contributed by atoms with Crippen molar-refractivity contribution in [3.63, 3.8) is 0 Å². The van der Waals surface area contributed by atoms with Gasteiger partial charge in [-0.25, -0.2) is 0 Å². The van der Waals surface area contributed by atoms with Crippen molar-refractivity contribution in [2.45, 2.75) is 50.4 Å². The lowest BCUT2D eigenvalue weighted by Gasteiger charge is -2.45. The molecule has 0 radical (unpaired) electrons. The summed E-state index contributed by atoms with van der Waals surface area (Å²) < 4.78 is 0. The van der Waals surface area contributed by atoms with Gasteiger partial charge in [-0.15, -0.1) is 0 Å². The molecule has 0 aromatic heterocycles. The first-order valence-electron chi connectivity index (χ1n) is 7.99. The van der Waals surface area contributed by atoms with E-state index in [9.17, 15) is 15.0 Å². The average Bonchev–Trinajstić information content (AvgIpc) is 2.53. The monoisotopic (exact) mass is 306 g/mol. The normalized spacial score (nSPS) is 28.3. The highest BCUT2D eigenvalue weighted by Crippen LogP contribution is 2.24. The maximum atomic E-state index is 11.8. The molecule has 1 aromatic rings. The predicted molar refractivity (Wildman–Crippen MR) is 85.4 cm³/mol. The number of carbonyl (C=O) groups excluding carboxylic acids is 1. The van der Waals surface area contributed by atoms with E-state index in [0.717, 1.165) is 12.8 Å². The molecule has 0 aliphatic carbocycles. The quantitative estimate of drug-likeness (QED) is 0.620. The van der Waals surface area contributed by atoms with E-state index in [4.69, 9.17) is 0 Å². The Labute approximate surface area is 131 Å². The number of β-amino-alcohol motifs (C(OH)–C–C–N with tert-alkyl or cyclic N) is 1. The second kappa shape index (κ2) is 7.72. The molecule has 1 fully saturated rings. The maximum Gasteiger partial charge on any atom is 0.220 e. The zero-order chi connectivity index (χ0) is 16.0. The smallest absolute Gasteiger partial charge is 0.220 e. The fraction of sp³-hybridized carbons (Fsp3) is 0.588. The molecule has 22 heavy (non-hydrogen) atoms. The van der Waals surface area contributed by atoms with E-state index < -0.39 is 17.7 Å². The Balaban J connectivity index is 2.02. The fourth-order valence-electron chi connectivity index (χ4n) is 3.06. The van der Waals surface area contributed by atoms with Crippen molar-refractivity contribution in [2.75, 3.05) is 13.1 Å². The summed E-state index contributed by atoms with van der Waals surface area (Å²) in [6, 6.07) is 10.1. The van der Waals surface area contributed by atoms with Crippen molar-refractivity contribution in [1.29, 1.82) is 0 Å². The molecule has 1 aliphatic rings. The van der Waals surface area contributed by atoms with Crippen LogP contribution in [-0.4, -0.2) is 47.0 Å². The van der Waals surface area contributed by atoms with Crippen LogP contribution in [0.15, 0.2) is 30.3 Å². The topological polar surface area (TPSA) is 81.6 Å². The fourth-order valence-corrected chi connectivity index (χ4v) is 3.06. The summed E-state index contributed by atoms with van der Waals surface area (Å²) in [6.07, 6.45) is 0.900. The Bertz CT molecular complexity index is 480. The molecule has 1 aliphatic heterocycles. The van der Waals surface area contributed by atoms with E-state index in [-0.39, 0.29) is 5.91 Å². The highest BCUT2D eigenvalue weighted by Gasteiger charge is 2.44. The minimum absolute atomic E-state index is 0.102. The number of rotatable bonds is 6. The molecule has 1 aromatic carbocycles. The summed E-state index contributed by atoms with van der Waals surface area (Å²) in [5.41, 5.74) is 0.442. The van der Waals surface area contributed by atoms with Crippen molar-refractivity contribution in [3.8, 4) is 0 Å². The Kier molecular flexibility index (Phi) is 5.94. The molecular weight excluding hydrogens is 280 g/mol. The van der Waals surface area contributed by atoms with Crippen LogP contribution in [0, 0.1) is 0 Å². The van der Waals surface area contributed by atoms with Crippen molar-refractivity contribution in [2.24, 2.45) is 0 Å². The Morgan fingerprint density at radius 2 is 2.09 bits per heavy atom. The average molecular weight is 306 g/mol.